The average molecular weight is 189 g/mol. The minimum absolute atomic E-state index is 0.142. The van der Waals surface area contributed by atoms with Gasteiger partial charge in [-0.05, 0) is 5.92 Å². The van der Waals surface area contributed by atoms with Gasteiger partial charge in [0.15, 0.2) is 0 Å². The molecule has 0 radical (unpaired) electrons. The van der Waals surface area contributed by atoms with Crippen LogP contribution in [0.3, 0.4) is 0 Å². The number of amides is 1. The molecule has 0 rings (SSSR count). The molecule has 0 atom stereocenters. The third-order valence-corrected chi connectivity index (χ3v) is 1.18. The highest BCUT2D eigenvalue weighted by Gasteiger charge is 2.02. The summed E-state index contributed by atoms with van der Waals surface area (Å²) in [5, 5.41) is 0. The molecule has 0 saturated heterocycles. The summed E-state index contributed by atoms with van der Waals surface area (Å²) in [5.74, 6) is 0.711. The lowest BCUT2D eigenvalue weighted by atomic mass is 10.2. The number of hydrogen-bond acceptors (Lipinski definition) is 1. The maximum absolute atomic E-state index is 10.6. The van der Waals surface area contributed by atoms with E-state index in [9.17, 15) is 4.79 Å². The van der Waals surface area contributed by atoms with E-state index >= 15 is 0 Å². The fourth-order valence-corrected chi connectivity index (χ4v) is 0.676. The smallest absolute Gasteiger partial charge is 0.219 e. The first-order valence-corrected chi connectivity index (χ1v) is 5.25. The van der Waals surface area contributed by atoms with Crippen molar-refractivity contribution in [1.29, 1.82) is 0 Å². The molecule has 2 heteroatoms. The summed E-state index contributed by atoms with van der Waals surface area (Å²) in [6.07, 6.45) is 0. The Bertz CT molecular complexity index is 100. The van der Waals surface area contributed by atoms with Gasteiger partial charge in [-0.3, -0.25) is 4.79 Å². The van der Waals surface area contributed by atoms with Gasteiger partial charge >= 0.3 is 0 Å². The van der Waals surface area contributed by atoms with Crippen LogP contribution in [0.15, 0.2) is 0 Å². The molecule has 0 spiro atoms. The lowest BCUT2D eigenvalue weighted by Gasteiger charge is -2.16. The van der Waals surface area contributed by atoms with Crippen LogP contribution in [0.2, 0.25) is 0 Å². The summed E-state index contributed by atoms with van der Waals surface area (Å²) >= 11 is 0. The van der Waals surface area contributed by atoms with Gasteiger partial charge in [-0.15, -0.1) is 0 Å². The van der Waals surface area contributed by atoms with Crippen LogP contribution >= 0.6 is 0 Å². The first-order chi connectivity index (χ1) is 6.04. The fourth-order valence-electron chi connectivity index (χ4n) is 0.676. The van der Waals surface area contributed by atoms with Crippen molar-refractivity contribution in [3.8, 4) is 0 Å². The number of carbonyl (C=O) groups excluding carboxylic acids is 1. The zero-order valence-electron chi connectivity index (χ0n) is 10.6. The summed E-state index contributed by atoms with van der Waals surface area (Å²) in [4.78, 5) is 12.3. The predicted molar refractivity (Wildman–Crippen MR) is 60.8 cm³/mol. The van der Waals surface area contributed by atoms with Gasteiger partial charge in [0.25, 0.3) is 0 Å². The third-order valence-electron chi connectivity index (χ3n) is 1.18. The van der Waals surface area contributed by atoms with Crippen LogP contribution in [0.5, 0.6) is 0 Å². The Morgan fingerprint density at radius 2 is 1.46 bits per heavy atom. The molecule has 82 valence electrons. The van der Waals surface area contributed by atoms with Crippen molar-refractivity contribution in [3.05, 3.63) is 0 Å². The normalized spacial score (nSPS) is 7.77. The van der Waals surface area contributed by atoms with E-state index in [2.05, 4.69) is 13.8 Å². The molecule has 0 bridgehead atoms. The average Bonchev–Trinajstić information content (AvgIpc) is 2.10. The highest BCUT2D eigenvalue weighted by Crippen LogP contribution is 1.94. The summed E-state index contributed by atoms with van der Waals surface area (Å²) in [6, 6.07) is 0. The summed E-state index contributed by atoms with van der Waals surface area (Å²) < 4.78 is 0. The Kier molecular flexibility index (Phi) is 19.7. The van der Waals surface area contributed by atoms with Crippen molar-refractivity contribution < 1.29 is 4.79 Å². The second-order valence-electron chi connectivity index (χ2n) is 2.79. The monoisotopic (exact) mass is 189 g/mol. The van der Waals surface area contributed by atoms with E-state index in [4.69, 9.17) is 0 Å². The van der Waals surface area contributed by atoms with E-state index in [0.29, 0.717) is 5.92 Å². The van der Waals surface area contributed by atoms with Gasteiger partial charge in [-0.2, -0.15) is 0 Å². The Hall–Kier alpha value is -0.530. The molecule has 13 heavy (non-hydrogen) atoms. The van der Waals surface area contributed by atoms with Gasteiger partial charge < -0.3 is 4.90 Å². The van der Waals surface area contributed by atoms with Gasteiger partial charge in [-0.1, -0.05) is 41.5 Å². The second-order valence-corrected chi connectivity index (χ2v) is 2.79. The molecule has 0 aromatic rings. The van der Waals surface area contributed by atoms with Crippen molar-refractivity contribution >= 4 is 5.91 Å². The van der Waals surface area contributed by atoms with Crippen molar-refractivity contribution in [2.24, 2.45) is 5.92 Å². The third kappa shape index (κ3) is 18.4. The standard InChI is InChI=1S/C7H15NO.2C2H6/c1-6(2)5-8(4)7(3)9;2*1-2/h6H,5H2,1-4H3;2*1-2H3. The molecule has 0 aliphatic carbocycles. The van der Waals surface area contributed by atoms with E-state index in [1.54, 1.807) is 11.8 Å². The lowest BCUT2D eigenvalue weighted by molar-refractivity contribution is -0.127. The van der Waals surface area contributed by atoms with Gasteiger partial charge in [0, 0.05) is 20.5 Å². The molecule has 0 fully saturated rings. The zero-order valence-corrected chi connectivity index (χ0v) is 10.6. The summed E-state index contributed by atoms with van der Waals surface area (Å²) in [7, 11) is 1.82. The first-order valence-electron chi connectivity index (χ1n) is 5.25. The van der Waals surface area contributed by atoms with Gasteiger partial charge in [-0.25, -0.2) is 0 Å². The molecule has 2 nitrogen and oxygen atoms in total. The number of hydrogen-bond donors (Lipinski definition) is 0. The molecule has 0 saturated carbocycles. The van der Waals surface area contributed by atoms with Gasteiger partial charge in [0.2, 0.25) is 5.91 Å². The maximum atomic E-state index is 10.6. The van der Waals surface area contributed by atoms with Crippen LogP contribution in [0.4, 0.5) is 0 Å². The van der Waals surface area contributed by atoms with E-state index in [-0.39, 0.29) is 5.91 Å². The molecule has 0 aromatic heterocycles. The molecule has 0 aliphatic heterocycles. The van der Waals surface area contributed by atoms with E-state index in [1.165, 1.54) is 0 Å². The quantitative estimate of drug-likeness (QED) is 0.653. The Balaban J connectivity index is -0.000000218. The number of nitrogens with zero attached hydrogens (tertiary/aromatic N) is 1. The van der Waals surface area contributed by atoms with E-state index < -0.39 is 0 Å². The minimum atomic E-state index is 0.142. The fraction of sp³-hybridized carbons (Fsp3) is 0.909. The topological polar surface area (TPSA) is 20.3 Å². The van der Waals surface area contributed by atoms with Crippen molar-refractivity contribution in [3.63, 3.8) is 0 Å². The molecule has 1 amide bonds. The Morgan fingerprint density at radius 1 is 1.15 bits per heavy atom. The SMILES string of the molecule is CC.CC.CC(=O)N(C)CC(C)C. The number of carbonyl (C=O) groups is 1. The highest BCUT2D eigenvalue weighted by molar-refractivity contribution is 5.72. The molecule has 0 unspecified atom stereocenters. The molecule has 0 aromatic carbocycles. The molecular weight excluding hydrogens is 162 g/mol. The van der Waals surface area contributed by atoms with Crippen LogP contribution in [-0.4, -0.2) is 24.4 Å². The largest absolute Gasteiger partial charge is 0.346 e. The zero-order chi connectivity index (χ0) is 11.4. The van der Waals surface area contributed by atoms with Crippen molar-refractivity contribution in [2.45, 2.75) is 48.5 Å². The number of rotatable bonds is 2. The van der Waals surface area contributed by atoms with Crippen LogP contribution in [0.25, 0.3) is 0 Å². The van der Waals surface area contributed by atoms with Crippen molar-refractivity contribution in [1.82, 2.24) is 4.90 Å². The second kappa shape index (κ2) is 14.0. The molecule has 0 aliphatic rings. The van der Waals surface area contributed by atoms with Crippen molar-refractivity contribution in [2.75, 3.05) is 13.6 Å². The van der Waals surface area contributed by atoms with Gasteiger partial charge in [0.1, 0.15) is 0 Å². The highest BCUT2D eigenvalue weighted by atomic mass is 16.2. The maximum Gasteiger partial charge on any atom is 0.219 e. The van der Waals surface area contributed by atoms with E-state index in [1.807, 2.05) is 34.7 Å². The molecule has 0 N–H and O–H groups in total. The van der Waals surface area contributed by atoms with E-state index in [0.717, 1.165) is 6.54 Å². The summed E-state index contributed by atoms with van der Waals surface area (Å²) in [5.41, 5.74) is 0. The van der Waals surface area contributed by atoms with Crippen LogP contribution in [0, 0.1) is 5.92 Å². The molecular formula is C11H27NO. The Labute approximate surface area is 84.3 Å². The van der Waals surface area contributed by atoms with Crippen LogP contribution in [0.1, 0.15) is 48.5 Å². The molecule has 0 heterocycles. The van der Waals surface area contributed by atoms with Crippen LogP contribution < -0.4 is 0 Å². The van der Waals surface area contributed by atoms with Crippen LogP contribution in [-0.2, 0) is 4.79 Å². The minimum Gasteiger partial charge on any atom is -0.346 e. The summed E-state index contributed by atoms with van der Waals surface area (Å²) in [6.45, 7) is 14.6. The Morgan fingerprint density at radius 3 is 1.54 bits per heavy atom. The first kappa shape index (κ1) is 18.3. The lowest BCUT2D eigenvalue weighted by Crippen LogP contribution is -2.27. The van der Waals surface area contributed by atoms with Gasteiger partial charge in [0.05, 0.1) is 0 Å². The predicted octanol–water partition coefficient (Wildman–Crippen LogP) is 3.17.